The molecule has 1 saturated carbocycles. The van der Waals surface area contributed by atoms with Crippen LogP contribution in [0.4, 0.5) is 0 Å². The molecule has 3 heteroatoms. The van der Waals surface area contributed by atoms with Gasteiger partial charge in [-0.3, -0.25) is 0 Å². The molecule has 1 aliphatic heterocycles. The van der Waals surface area contributed by atoms with Crippen LogP contribution in [0, 0.1) is 0 Å². The molecule has 0 aromatic heterocycles. The zero-order chi connectivity index (χ0) is 9.10. The van der Waals surface area contributed by atoms with Crippen LogP contribution in [-0.4, -0.2) is 29.1 Å². The lowest BCUT2D eigenvalue weighted by molar-refractivity contribution is 0.486. The van der Waals surface area contributed by atoms with Gasteiger partial charge in [0, 0.05) is 19.1 Å². The van der Waals surface area contributed by atoms with Gasteiger partial charge in [-0.25, -0.2) is 0 Å². The van der Waals surface area contributed by atoms with Gasteiger partial charge in [0.15, 0.2) is 5.11 Å². The topological polar surface area (TPSA) is 15.3 Å². The Balaban J connectivity index is 1.76. The second kappa shape index (κ2) is 4.27. The molecular weight excluding hydrogens is 180 g/mol. The first kappa shape index (κ1) is 9.25. The van der Waals surface area contributed by atoms with Crippen molar-refractivity contribution in [2.24, 2.45) is 0 Å². The maximum absolute atomic E-state index is 5.37. The molecule has 0 spiro atoms. The van der Waals surface area contributed by atoms with Crippen molar-refractivity contribution in [1.82, 2.24) is 10.2 Å². The average molecular weight is 198 g/mol. The molecule has 1 heterocycles. The van der Waals surface area contributed by atoms with Gasteiger partial charge in [-0.2, -0.15) is 0 Å². The molecule has 13 heavy (non-hydrogen) atoms. The predicted octanol–water partition coefficient (Wildman–Crippen LogP) is 1.90. The number of hydrogen-bond acceptors (Lipinski definition) is 1. The second-order valence-electron chi connectivity index (χ2n) is 4.13. The number of likely N-dealkylation sites (tertiary alicyclic amines) is 1. The summed E-state index contributed by atoms with van der Waals surface area (Å²) in [7, 11) is 0. The van der Waals surface area contributed by atoms with Crippen molar-refractivity contribution < 1.29 is 0 Å². The van der Waals surface area contributed by atoms with Crippen molar-refractivity contribution in [2.45, 2.75) is 44.6 Å². The van der Waals surface area contributed by atoms with Crippen LogP contribution >= 0.6 is 12.2 Å². The van der Waals surface area contributed by atoms with Crippen molar-refractivity contribution in [3.63, 3.8) is 0 Å². The molecule has 1 saturated heterocycles. The fourth-order valence-corrected chi connectivity index (χ4v) is 2.61. The Bertz CT molecular complexity index is 181. The highest BCUT2D eigenvalue weighted by Gasteiger charge is 2.19. The van der Waals surface area contributed by atoms with Gasteiger partial charge in [0.2, 0.25) is 0 Å². The number of hydrogen-bond donors (Lipinski definition) is 1. The first-order valence-electron chi connectivity index (χ1n) is 5.42. The summed E-state index contributed by atoms with van der Waals surface area (Å²) in [6.45, 7) is 2.33. The molecule has 2 nitrogen and oxygen atoms in total. The molecule has 74 valence electrons. The van der Waals surface area contributed by atoms with Crippen molar-refractivity contribution in [3.8, 4) is 0 Å². The fourth-order valence-electron chi connectivity index (χ4n) is 2.26. The van der Waals surface area contributed by atoms with E-state index in [9.17, 15) is 0 Å². The summed E-state index contributed by atoms with van der Waals surface area (Å²) >= 11 is 5.37. The van der Waals surface area contributed by atoms with Crippen LogP contribution in [0.15, 0.2) is 0 Å². The molecule has 2 fully saturated rings. The highest BCUT2D eigenvalue weighted by molar-refractivity contribution is 7.80. The molecule has 0 amide bonds. The van der Waals surface area contributed by atoms with Gasteiger partial charge in [-0.15, -0.1) is 0 Å². The average Bonchev–Trinajstić information content (AvgIpc) is 2.74. The summed E-state index contributed by atoms with van der Waals surface area (Å²) in [5.41, 5.74) is 0. The molecule has 0 aromatic rings. The number of nitrogens with zero attached hydrogens (tertiary/aromatic N) is 1. The lowest BCUT2D eigenvalue weighted by Crippen LogP contribution is -2.42. The van der Waals surface area contributed by atoms with E-state index in [1.54, 1.807) is 0 Å². The van der Waals surface area contributed by atoms with Gasteiger partial charge < -0.3 is 10.2 Å². The van der Waals surface area contributed by atoms with Gasteiger partial charge in [-0.1, -0.05) is 12.8 Å². The highest BCUT2D eigenvalue weighted by Crippen LogP contribution is 2.18. The molecule has 1 aliphatic carbocycles. The van der Waals surface area contributed by atoms with Gasteiger partial charge >= 0.3 is 0 Å². The maximum atomic E-state index is 5.37. The predicted molar refractivity (Wildman–Crippen MR) is 58.8 cm³/mol. The van der Waals surface area contributed by atoms with Crippen LogP contribution < -0.4 is 5.32 Å². The molecule has 0 radical (unpaired) electrons. The minimum Gasteiger partial charge on any atom is -0.360 e. The van der Waals surface area contributed by atoms with Gasteiger partial charge in [-0.05, 0) is 37.9 Å². The van der Waals surface area contributed by atoms with E-state index in [-0.39, 0.29) is 0 Å². The van der Waals surface area contributed by atoms with E-state index in [0.717, 1.165) is 5.11 Å². The van der Waals surface area contributed by atoms with Crippen molar-refractivity contribution in [2.75, 3.05) is 13.1 Å². The van der Waals surface area contributed by atoms with Gasteiger partial charge in [0.25, 0.3) is 0 Å². The molecule has 1 N–H and O–H groups in total. The van der Waals surface area contributed by atoms with Crippen LogP contribution in [0.3, 0.4) is 0 Å². The third-order valence-electron chi connectivity index (χ3n) is 3.08. The Morgan fingerprint density at radius 3 is 2.31 bits per heavy atom. The first-order chi connectivity index (χ1) is 6.36. The minimum atomic E-state index is 0.674. The SMILES string of the molecule is S=C(NC1CCCC1)N1CCCC1. The number of nitrogens with one attached hydrogen (secondary N) is 1. The third kappa shape index (κ3) is 2.33. The van der Waals surface area contributed by atoms with E-state index < -0.39 is 0 Å². The van der Waals surface area contributed by atoms with Crippen LogP contribution in [-0.2, 0) is 0 Å². The molecule has 0 aromatic carbocycles. The summed E-state index contributed by atoms with van der Waals surface area (Å²) in [5.74, 6) is 0. The van der Waals surface area contributed by atoms with Crippen LogP contribution in [0.25, 0.3) is 0 Å². The van der Waals surface area contributed by atoms with Crippen LogP contribution in [0.5, 0.6) is 0 Å². The Hall–Kier alpha value is -0.310. The normalized spacial score (nSPS) is 23.8. The first-order valence-corrected chi connectivity index (χ1v) is 5.82. The quantitative estimate of drug-likeness (QED) is 0.648. The van der Waals surface area contributed by atoms with E-state index in [2.05, 4.69) is 10.2 Å². The summed E-state index contributed by atoms with van der Waals surface area (Å²) in [4.78, 5) is 2.31. The third-order valence-corrected chi connectivity index (χ3v) is 3.45. The lowest BCUT2D eigenvalue weighted by atomic mass is 10.2. The van der Waals surface area contributed by atoms with Crippen molar-refractivity contribution in [1.29, 1.82) is 0 Å². The standard InChI is InChI=1S/C10H18N2S/c13-10(12-7-3-4-8-12)11-9-5-1-2-6-9/h9H,1-8H2,(H,11,13). The Morgan fingerprint density at radius 1 is 1.08 bits per heavy atom. The molecular formula is C10H18N2S. The van der Waals surface area contributed by atoms with Crippen molar-refractivity contribution >= 4 is 17.3 Å². The number of rotatable bonds is 1. The summed E-state index contributed by atoms with van der Waals surface area (Å²) < 4.78 is 0. The molecule has 2 aliphatic rings. The molecule has 0 unspecified atom stereocenters. The summed E-state index contributed by atoms with van der Waals surface area (Å²) in [5, 5.41) is 4.48. The molecule has 0 atom stereocenters. The van der Waals surface area contributed by atoms with E-state index in [1.807, 2.05) is 0 Å². The minimum absolute atomic E-state index is 0.674. The second-order valence-corrected chi connectivity index (χ2v) is 4.51. The Labute approximate surface area is 85.7 Å². The molecule has 2 rings (SSSR count). The lowest BCUT2D eigenvalue weighted by Gasteiger charge is -2.22. The van der Waals surface area contributed by atoms with E-state index in [0.29, 0.717) is 6.04 Å². The zero-order valence-corrected chi connectivity index (χ0v) is 8.91. The van der Waals surface area contributed by atoms with E-state index in [1.165, 1.54) is 51.6 Å². The van der Waals surface area contributed by atoms with Gasteiger partial charge in [0.1, 0.15) is 0 Å². The zero-order valence-electron chi connectivity index (χ0n) is 8.09. The van der Waals surface area contributed by atoms with Crippen LogP contribution in [0.1, 0.15) is 38.5 Å². The highest BCUT2D eigenvalue weighted by atomic mass is 32.1. The smallest absolute Gasteiger partial charge is 0.169 e. The van der Waals surface area contributed by atoms with E-state index >= 15 is 0 Å². The monoisotopic (exact) mass is 198 g/mol. The fraction of sp³-hybridized carbons (Fsp3) is 0.900. The van der Waals surface area contributed by atoms with Crippen molar-refractivity contribution in [3.05, 3.63) is 0 Å². The van der Waals surface area contributed by atoms with Crippen LogP contribution in [0.2, 0.25) is 0 Å². The Morgan fingerprint density at radius 2 is 1.69 bits per heavy atom. The number of thiocarbonyl (C=S) groups is 1. The molecule has 0 bridgehead atoms. The summed E-state index contributed by atoms with van der Waals surface area (Å²) in [6, 6.07) is 0.674. The summed E-state index contributed by atoms with van der Waals surface area (Å²) in [6.07, 6.45) is 8.00. The maximum Gasteiger partial charge on any atom is 0.169 e. The van der Waals surface area contributed by atoms with E-state index in [4.69, 9.17) is 12.2 Å². The largest absolute Gasteiger partial charge is 0.360 e. The van der Waals surface area contributed by atoms with Gasteiger partial charge in [0.05, 0.1) is 0 Å². The Kier molecular flexibility index (Phi) is 3.04.